The van der Waals surface area contributed by atoms with Gasteiger partial charge >= 0.3 is 0 Å². The summed E-state index contributed by atoms with van der Waals surface area (Å²) in [5, 5.41) is 2.66. The lowest BCUT2D eigenvalue weighted by atomic mass is 10.1. The summed E-state index contributed by atoms with van der Waals surface area (Å²) in [6.45, 7) is 1.71. The number of carbonyl (C=O) groups excluding carboxylic acids is 1. The van der Waals surface area contributed by atoms with Crippen molar-refractivity contribution >= 4 is 27.6 Å². The molecule has 33 heavy (non-hydrogen) atoms. The van der Waals surface area contributed by atoms with Gasteiger partial charge in [-0.25, -0.2) is 18.4 Å². The molecular formula is C22H22N6O4S. The molecule has 5 rings (SSSR count). The van der Waals surface area contributed by atoms with E-state index in [9.17, 15) is 13.2 Å². The molecule has 10 nitrogen and oxygen atoms in total. The van der Waals surface area contributed by atoms with Crippen molar-refractivity contribution in [1.82, 2.24) is 19.3 Å². The summed E-state index contributed by atoms with van der Waals surface area (Å²) < 4.78 is 33.7. The molecule has 0 saturated heterocycles. The Morgan fingerprint density at radius 3 is 2.88 bits per heavy atom. The van der Waals surface area contributed by atoms with Gasteiger partial charge in [0.25, 0.3) is 5.91 Å². The van der Waals surface area contributed by atoms with Gasteiger partial charge in [0.15, 0.2) is 0 Å². The molecule has 0 aliphatic carbocycles. The fraction of sp³-hybridized carbons (Fsp3) is 0.273. The van der Waals surface area contributed by atoms with Gasteiger partial charge in [-0.2, -0.15) is 4.31 Å². The Bertz CT molecular complexity index is 1320. The maximum Gasteiger partial charge on any atom is 0.259 e. The number of fused-ring (bicyclic) bond motifs is 2. The minimum absolute atomic E-state index is 0.159. The molecule has 2 aliphatic rings. The van der Waals surface area contributed by atoms with Crippen LogP contribution in [0.15, 0.2) is 53.8 Å². The highest BCUT2D eigenvalue weighted by molar-refractivity contribution is 7.89. The van der Waals surface area contributed by atoms with Gasteiger partial charge in [-0.1, -0.05) is 0 Å². The summed E-state index contributed by atoms with van der Waals surface area (Å²) >= 11 is 0. The molecule has 11 heteroatoms. The highest BCUT2D eigenvalue weighted by Crippen LogP contribution is 2.34. The standard InChI is InChI=1S/C22H22N6O4S/c1-27-9-10-32-20-11-17(4-5-19(20)27)33(30,31)28-8-6-18-16(14-28)13-24-22(25-18)26-21(29)15-3-2-7-23-12-15/h2-5,7,11-13H,6,8-10,14H2,1H3,(H,24,25,26,29). The van der Waals surface area contributed by atoms with E-state index in [-0.39, 0.29) is 29.8 Å². The molecule has 2 aliphatic heterocycles. The Morgan fingerprint density at radius 1 is 1.18 bits per heavy atom. The Balaban J connectivity index is 1.33. The molecule has 0 radical (unpaired) electrons. The van der Waals surface area contributed by atoms with Crippen molar-refractivity contribution in [1.29, 1.82) is 0 Å². The van der Waals surface area contributed by atoms with E-state index in [1.165, 1.54) is 10.5 Å². The number of hydrogen-bond acceptors (Lipinski definition) is 8. The van der Waals surface area contributed by atoms with Gasteiger partial charge in [0.1, 0.15) is 12.4 Å². The maximum absolute atomic E-state index is 13.3. The third-order valence-corrected chi connectivity index (χ3v) is 7.55. The molecule has 0 unspecified atom stereocenters. The van der Waals surface area contributed by atoms with Crippen molar-refractivity contribution in [2.24, 2.45) is 0 Å². The minimum Gasteiger partial charge on any atom is -0.490 e. The van der Waals surface area contributed by atoms with Crippen molar-refractivity contribution in [3.63, 3.8) is 0 Å². The first-order chi connectivity index (χ1) is 15.9. The third kappa shape index (κ3) is 4.12. The molecule has 1 N–H and O–H groups in total. The van der Waals surface area contributed by atoms with E-state index >= 15 is 0 Å². The van der Waals surface area contributed by atoms with Crippen LogP contribution in [0.1, 0.15) is 21.6 Å². The Morgan fingerprint density at radius 2 is 2.06 bits per heavy atom. The minimum atomic E-state index is -3.72. The van der Waals surface area contributed by atoms with Gasteiger partial charge in [0.05, 0.1) is 28.4 Å². The molecule has 1 amide bonds. The van der Waals surface area contributed by atoms with Crippen LogP contribution in [0.25, 0.3) is 0 Å². The number of benzene rings is 1. The van der Waals surface area contributed by atoms with Crippen LogP contribution in [-0.4, -0.2) is 60.3 Å². The SMILES string of the molecule is CN1CCOc2cc(S(=O)(=O)N3CCc4nc(NC(=O)c5cccnc5)ncc4C3)ccc21. The van der Waals surface area contributed by atoms with Crippen LogP contribution in [0.2, 0.25) is 0 Å². The Kier molecular flexibility index (Phi) is 5.43. The maximum atomic E-state index is 13.3. The van der Waals surface area contributed by atoms with Gasteiger partial charge in [-0.05, 0) is 24.3 Å². The lowest BCUT2D eigenvalue weighted by Crippen LogP contribution is -2.37. The smallest absolute Gasteiger partial charge is 0.259 e. The third-order valence-electron chi connectivity index (χ3n) is 5.71. The first kappa shape index (κ1) is 21.3. The Labute approximate surface area is 191 Å². The monoisotopic (exact) mass is 466 g/mol. The number of pyridine rings is 1. The number of carbonyl (C=O) groups is 1. The Hall–Kier alpha value is -3.57. The van der Waals surface area contributed by atoms with Gasteiger partial charge in [0.2, 0.25) is 16.0 Å². The van der Waals surface area contributed by atoms with Crippen molar-refractivity contribution in [3.8, 4) is 5.75 Å². The van der Waals surface area contributed by atoms with Crippen LogP contribution < -0.4 is 15.0 Å². The van der Waals surface area contributed by atoms with Crippen molar-refractivity contribution in [2.45, 2.75) is 17.9 Å². The summed E-state index contributed by atoms with van der Waals surface area (Å²) in [5.41, 5.74) is 2.70. The molecule has 0 saturated carbocycles. The number of sulfonamides is 1. The van der Waals surface area contributed by atoms with Crippen LogP contribution in [0, 0.1) is 0 Å². The number of nitrogens with one attached hydrogen (secondary N) is 1. The van der Waals surface area contributed by atoms with Gasteiger partial charge in [-0.15, -0.1) is 0 Å². The number of aromatic nitrogens is 3. The average molecular weight is 467 g/mol. The number of likely N-dealkylation sites (N-methyl/N-ethyl adjacent to an activating group) is 1. The highest BCUT2D eigenvalue weighted by atomic mass is 32.2. The zero-order valence-corrected chi connectivity index (χ0v) is 18.7. The molecule has 0 bridgehead atoms. The predicted molar refractivity (Wildman–Crippen MR) is 121 cm³/mol. The molecule has 170 valence electrons. The van der Waals surface area contributed by atoms with Crippen LogP contribution in [-0.2, 0) is 23.0 Å². The largest absolute Gasteiger partial charge is 0.490 e. The van der Waals surface area contributed by atoms with E-state index in [0.29, 0.717) is 35.6 Å². The zero-order chi connectivity index (χ0) is 23.0. The van der Waals surface area contributed by atoms with Crippen molar-refractivity contribution in [3.05, 3.63) is 65.7 Å². The van der Waals surface area contributed by atoms with E-state index in [1.807, 2.05) is 11.9 Å². The van der Waals surface area contributed by atoms with E-state index in [0.717, 1.165) is 12.2 Å². The first-order valence-corrected chi connectivity index (χ1v) is 11.9. The molecule has 0 fully saturated rings. The number of ether oxygens (including phenoxy) is 1. The second-order valence-corrected chi connectivity index (χ2v) is 9.79. The summed E-state index contributed by atoms with van der Waals surface area (Å²) in [6, 6.07) is 8.29. The molecule has 0 atom stereocenters. The summed E-state index contributed by atoms with van der Waals surface area (Å²) in [4.78, 5) is 27.1. The van der Waals surface area contributed by atoms with Crippen molar-refractivity contribution in [2.75, 3.05) is 37.0 Å². The number of amides is 1. The molecule has 4 heterocycles. The van der Waals surface area contributed by atoms with Crippen LogP contribution in [0.5, 0.6) is 5.75 Å². The van der Waals surface area contributed by atoms with E-state index < -0.39 is 10.0 Å². The van der Waals surface area contributed by atoms with Gasteiger partial charge in [-0.3, -0.25) is 15.1 Å². The average Bonchev–Trinajstić information content (AvgIpc) is 2.84. The quantitative estimate of drug-likeness (QED) is 0.617. The van der Waals surface area contributed by atoms with Crippen LogP contribution in [0.3, 0.4) is 0 Å². The lowest BCUT2D eigenvalue weighted by Gasteiger charge is -2.30. The summed E-state index contributed by atoms with van der Waals surface area (Å²) in [6.07, 6.45) is 5.02. The topological polar surface area (TPSA) is 118 Å². The lowest BCUT2D eigenvalue weighted by molar-refractivity contribution is 0.102. The highest BCUT2D eigenvalue weighted by Gasteiger charge is 2.31. The number of anilines is 2. The molecular weight excluding hydrogens is 444 g/mol. The second kappa shape index (κ2) is 8.41. The normalized spacial score (nSPS) is 15.8. The molecule has 3 aromatic rings. The fourth-order valence-electron chi connectivity index (χ4n) is 3.87. The van der Waals surface area contributed by atoms with Gasteiger partial charge < -0.3 is 9.64 Å². The van der Waals surface area contributed by atoms with E-state index in [2.05, 4.69) is 20.3 Å². The fourth-order valence-corrected chi connectivity index (χ4v) is 5.31. The molecule has 2 aromatic heterocycles. The zero-order valence-electron chi connectivity index (χ0n) is 17.9. The van der Waals surface area contributed by atoms with Crippen LogP contribution in [0.4, 0.5) is 11.6 Å². The first-order valence-electron chi connectivity index (χ1n) is 10.5. The van der Waals surface area contributed by atoms with E-state index in [4.69, 9.17) is 4.74 Å². The number of rotatable bonds is 4. The predicted octanol–water partition coefficient (Wildman–Crippen LogP) is 1.70. The summed E-state index contributed by atoms with van der Waals surface area (Å²) in [5.74, 6) is 0.387. The molecule has 1 aromatic carbocycles. The van der Waals surface area contributed by atoms with Crippen molar-refractivity contribution < 1.29 is 17.9 Å². The van der Waals surface area contributed by atoms with Gasteiger partial charge in [0, 0.05) is 56.8 Å². The number of hydrogen-bond donors (Lipinski definition) is 1. The summed E-state index contributed by atoms with van der Waals surface area (Å²) in [7, 11) is -1.77. The number of nitrogens with zero attached hydrogens (tertiary/aromatic N) is 5. The van der Waals surface area contributed by atoms with E-state index in [1.54, 1.807) is 42.7 Å². The molecule has 0 spiro atoms. The van der Waals surface area contributed by atoms with Crippen LogP contribution >= 0.6 is 0 Å². The second-order valence-electron chi connectivity index (χ2n) is 7.85.